The number of Topliss-reactive ketones (excluding diaryl/α,β-unsaturated/α-hetero) is 1. The Labute approximate surface area is 186 Å². The van der Waals surface area contributed by atoms with Crippen molar-refractivity contribution in [1.29, 1.82) is 0 Å². The minimum Gasteiger partial charge on any atom is -0.486 e. The van der Waals surface area contributed by atoms with Crippen LogP contribution in [-0.2, 0) is 27.4 Å². The summed E-state index contributed by atoms with van der Waals surface area (Å²) in [6, 6.07) is 23.7. The molecule has 0 heterocycles. The molecular weight excluding hydrogens is 416 g/mol. The van der Waals surface area contributed by atoms with Gasteiger partial charge in [-0.1, -0.05) is 54.1 Å². The summed E-state index contributed by atoms with van der Waals surface area (Å²) in [6.45, 7) is 0.117. The van der Waals surface area contributed by atoms with Gasteiger partial charge in [-0.2, -0.15) is 0 Å². The number of carbonyl (C=O) groups excluding carboxylic acids is 2. The summed E-state index contributed by atoms with van der Waals surface area (Å²) in [5.41, 5.74) is 1.95. The monoisotopic (exact) mass is 438 g/mol. The van der Waals surface area contributed by atoms with Gasteiger partial charge in [0.15, 0.2) is 0 Å². The van der Waals surface area contributed by atoms with Crippen molar-refractivity contribution in [2.45, 2.75) is 19.4 Å². The van der Waals surface area contributed by atoms with Crippen LogP contribution < -0.4 is 9.47 Å². The molecule has 3 rings (SSSR count). The molecule has 6 heteroatoms. The largest absolute Gasteiger partial charge is 0.486 e. The summed E-state index contributed by atoms with van der Waals surface area (Å²) >= 11 is 5.81. The number of hydrogen-bond acceptors (Lipinski definition) is 5. The molecule has 0 aliphatic heterocycles. The fourth-order valence-electron chi connectivity index (χ4n) is 2.71. The molecule has 5 nitrogen and oxygen atoms in total. The molecule has 0 aromatic heterocycles. The molecule has 0 atom stereocenters. The first kappa shape index (κ1) is 22.4. The SMILES string of the molecule is O=C(COc1ccc(Cl)cc1)COc1ccc(CCC(=O)OCc2ccccc2)cc1. The van der Waals surface area contributed by atoms with Crippen molar-refractivity contribution in [2.75, 3.05) is 13.2 Å². The molecule has 0 radical (unpaired) electrons. The van der Waals surface area contributed by atoms with Crippen molar-refractivity contribution in [3.63, 3.8) is 0 Å². The highest BCUT2D eigenvalue weighted by atomic mass is 35.5. The van der Waals surface area contributed by atoms with E-state index in [1.165, 1.54) is 0 Å². The van der Waals surface area contributed by atoms with Crippen LogP contribution in [0.5, 0.6) is 11.5 Å². The van der Waals surface area contributed by atoms with Crippen LogP contribution >= 0.6 is 11.6 Å². The minimum absolute atomic E-state index is 0.0786. The topological polar surface area (TPSA) is 61.8 Å². The Morgan fingerprint density at radius 3 is 1.90 bits per heavy atom. The molecule has 0 saturated carbocycles. The standard InChI is InChI=1S/C25H23ClO5/c26-21-9-13-24(14-10-21)30-18-22(27)17-29-23-11-6-19(7-12-23)8-15-25(28)31-16-20-4-2-1-3-5-20/h1-7,9-14H,8,15-18H2. The van der Waals surface area contributed by atoms with E-state index in [1.807, 2.05) is 42.5 Å². The number of ether oxygens (including phenoxy) is 3. The molecule has 31 heavy (non-hydrogen) atoms. The molecular formula is C25H23ClO5. The zero-order chi connectivity index (χ0) is 21.9. The van der Waals surface area contributed by atoms with Gasteiger partial charge in [-0.3, -0.25) is 9.59 Å². The van der Waals surface area contributed by atoms with E-state index in [4.69, 9.17) is 25.8 Å². The van der Waals surface area contributed by atoms with Crippen LogP contribution in [0.4, 0.5) is 0 Å². The molecule has 3 aromatic carbocycles. The summed E-state index contributed by atoms with van der Waals surface area (Å²) in [5.74, 6) is 0.732. The predicted octanol–water partition coefficient (Wildman–Crippen LogP) is 5.04. The van der Waals surface area contributed by atoms with Crippen LogP contribution in [0, 0.1) is 0 Å². The van der Waals surface area contributed by atoms with Crippen molar-refractivity contribution in [2.24, 2.45) is 0 Å². The molecule has 0 fully saturated rings. The lowest BCUT2D eigenvalue weighted by Gasteiger charge is -2.08. The maximum Gasteiger partial charge on any atom is 0.306 e. The normalized spacial score (nSPS) is 10.4. The number of benzene rings is 3. The third kappa shape index (κ3) is 8.15. The van der Waals surface area contributed by atoms with Crippen LogP contribution in [0.15, 0.2) is 78.9 Å². The minimum atomic E-state index is -0.240. The van der Waals surface area contributed by atoms with Crippen LogP contribution in [0.25, 0.3) is 0 Å². The van der Waals surface area contributed by atoms with E-state index in [0.29, 0.717) is 29.4 Å². The van der Waals surface area contributed by atoms with Gasteiger partial charge in [0.25, 0.3) is 0 Å². The van der Waals surface area contributed by atoms with Gasteiger partial charge in [0.2, 0.25) is 5.78 Å². The van der Waals surface area contributed by atoms with E-state index in [1.54, 1.807) is 36.4 Å². The number of esters is 1. The predicted molar refractivity (Wildman–Crippen MR) is 118 cm³/mol. The van der Waals surface area contributed by atoms with Gasteiger partial charge in [0.1, 0.15) is 31.3 Å². The Bertz CT molecular complexity index is 969. The highest BCUT2D eigenvalue weighted by Crippen LogP contribution is 2.16. The number of aryl methyl sites for hydroxylation is 1. The van der Waals surface area contributed by atoms with Crippen LogP contribution in [0.1, 0.15) is 17.5 Å². The Morgan fingerprint density at radius 2 is 1.29 bits per heavy atom. The molecule has 0 aliphatic carbocycles. The lowest BCUT2D eigenvalue weighted by molar-refractivity contribution is -0.144. The van der Waals surface area contributed by atoms with Crippen molar-refractivity contribution >= 4 is 23.4 Å². The van der Waals surface area contributed by atoms with Gasteiger partial charge in [-0.15, -0.1) is 0 Å². The second-order valence-corrected chi connectivity index (χ2v) is 7.30. The highest BCUT2D eigenvalue weighted by molar-refractivity contribution is 6.30. The molecule has 0 saturated heterocycles. The lowest BCUT2D eigenvalue weighted by atomic mass is 10.1. The summed E-state index contributed by atoms with van der Waals surface area (Å²) < 4.78 is 16.2. The Balaban J connectivity index is 1.34. The van der Waals surface area contributed by atoms with E-state index in [-0.39, 0.29) is 31.6 Å². The molecule has 0 bridgehead atoms. The van der Waals surface area contributed by atoms with Gasteiger partial charge >= 0.3 is 5.97 Å². The van der Waals surface area contributed by atoms with Crippen LogP contribution in [0.3, 0.4) is 0 Å². The third-order valence-electron chi connectivity index (χ3n) is 4.40. The average molecular weight is 439 g/mol. The molecule has 0 N–H and O–H groups in total. The van der Waals surface area contributed by atoms with Crippen LogP contribution in [-0.4, -0.2) is 25.0 Å². The first-order valence-corrected chi connectivity index (χ1v) is 10.3. The van der Waals surface area contributed by atoms with E-state index >= 15 is 0 Å². The van der Waals surface area contributed by atoms with Crippen molar-refractivity contribution < 1.29 is 23.8 Å². The number of carbonyl (C=O) groups is 2. The van der Waals surface area contributed by atoms with Gasteiger partial charge in [0, 0.05) is 11.4 Å². The highest BCUT2D eigenvalue weighted by Gasteiger charge is 2.07. The summed E-state index contributed by atoms with van der Waals surface area (Å²) in [6.07, 6.45) is 0.870. The Hall–Kier alpha value is -3.31. The van der Waals surface area contributed by atoms with Crippen molar-refractivity contribution in [3.05, 3.63) is 95.0 Å². The van der Waals surface area contributed by atoms with Crippen molar-refractivity contribution in [3.8, 4) is 11.5 Å². The van der Waals surface area contributed by atoms with Gasteiger partial charge in [-0.05, 0) is 53.9 Å². The Morgan fingerprint density at radius 1 is 0.710 bits per heavy atom. The number of hydrogen-bond donors (Lipinski definition) is 0. The molecule has 0 spiro atoms. The zero-order valence-electron chi connectivity index (χ0n) is 17.0. The average Bonchev–Trinajstić information content (AvgIpc) is 2.81. The maximum absolute atomic E-state index is 11.9. The second kappa shape index (κ2) is 11.8. The van der Waals surface area contributed by atoms with E-state index in [2.05, 4.69) is 0 Å². The van der Waals surface area contributed by atoms with Gasteiger partial charge < -0.3 is 14.2 Å². The fraction of sp³-hybridized carbons (Fsp3) is 0.200. The first-order valence-electron chi connectivity index (χ1n) is 9.90. The van der Waals surface area contributed by atoms with Crippen LogP contribution in [0.2, 0.25) is 5.02 Å². The first-order chi connectivity index (χ1) is 15.1. The quantitative estimate of drug-likeness (QED) is 0.392. The molecule has 0 amide bonds. The van der Waals surface area contributed by atoms with Gasteiger partial charge in [0.05, 0.1) is 0 Å². The smallest absolute Gasteiger partial charge is 0.306 e. The Kier molecular flexibility index (Phi) is 8.49. The maximum atomic E-state index is 11.9. The lowest BCUT2D eigenvalue weighted by Crippen LogP contribution is -2.19. The van der Waals surface area contributed by atoms with Gasteiger partial charge in [-0.25, -0.2) is 0 Å². The van der Waals surface area contributed by atoms with E-state index < -0.39 is 0 Å². The molecule has 3 aromatic rings. The molecule has 0 aliphatic rings. The third-order valence-corrected chi connectivity index (χ3v) is 4.65. The molecule has 0 unspecified atom stereocenters. The van der Waals surface area contributed by atoms with E-state index in [9.17, 15) is 9.59 Å². The second-order valence-electron chi connectivity index (χ2n) is 6.86. The fourth-order valence-corrected chi connectivity index (χ4v) is 2.84. The summed E-state index contributed by atoms with van der Waals surface area (Å²) in [7, 11) is 0. The number of ketones is 1. The number of halogens is 1. The summed E-state index contributed by atoms with van der Waals surface area (Å²) in [4.78, 5) is 23.8. The zero-order valence-corrected chi connectivity index (χ0v) is 17.7. The van der Waals surface area contributed by atoms with Crippen molar-refractivity contribution in [1.82, 2.24) is 0 Å². The summed E-state index contributed by atoms with van der Waals surface area (Å²) in [5, 5.41) is 0.606. The van der Waals surface area contributed by atoms with E-state index in [0.717, 1.165) is 11.1 Å². The molecule has 160 valence electrons. The number of rotatable bonds is 11.